The molecule has 0 fully saturated rings. The fraction of sp³-hybridized carbons (Fsp3) is 0.321. The Kier molecular flexibility index (Phi) is 7.48. The Balaban J connectivity index is 1.71. The lowest BCUT2D eigenvalue weighted by Gasteiger charge is -2.27. The molecule has 1 aliphatic heterocycles. The minimum atomic E-state index is -0.671. The maximum atomic E-state index is 13.9. The van der Waals surface area contributed by atoms with Crippen LogP contribution < -0.4 is 0 Å². The first kappa shape index (κ1) is 24.8. The van der Waals surface area contributed by atoms with Crippen molar-refractivity contribution in [3.8, 4) is 10.6 Å². The molecule has 182 valence electrons. The minimum absolute atomic E-state index is 0.0913. The monoisotopic (exact) mass is 490 g/mol. The third-order valence-electron chi connectivity index (χ3n) is 5.92. The van der Waals surface area contributed by atoms with Crippen LogP contribution in [0.2, 0.25) is 0 Å². The van der Waals surface area contributed by atoms with Crippen LogP contribution in [0.5, 0.6) is 0 Å². The molecule has 0 bridgehead atoms. The number of aryl methyl sites for hydroxylation is 2. The average Bonchev–Trinajstić information content (AvgIpc) is 3.34. The summed E-state index contributed by atoms with van der Waals surface area (Å²) in [5.74, 6) is -1.38. The van der Waals surface area contributed by atoms with Crippen LogP contribution in [-0.2, 0) is 9.53 Å². The molecule has 7 heteroatoms. The summed E-state index contributed by atoms with van der Waals surface area (Å²) in [6.45, 7) is 8.52. The molecule has 1 N–H and O–H groups in total. The zero-order valence-electron chi connectivity index (χ0n) is 20.4. The molecule has 0 saturated carbocycles. The number of amides is 1. The van der Waals surface area contributed by atoms with Crippen LogP contribution in [-0.4, -0.2) is 45.9 Å². The summed E-state index contributed by atoms with van der Waals surface area (Å²) in [5.41, 5.74) is 3.41. The van der Waals surface area contributed by atoms with Crippen molar-refractivity contribution in [2.24, 2.45) is 0 Å². The average molecular weight is 491 g/mol. The zero-order chi connectivity index (χ0) is 25.1. The molecule has 1 amide bonds. The second kappa shape index (κ2) is 10.5. The zero-order valence-corrected chi connectivity index (χ0v) is 21.3. The van der Waals surface area contributed by atoms with Crippen molar-refractivity contribution in [1.29, 1.82) is 0 Å². The summed E-state index contributed by atoms with van der Waals surface area (Å²) < 4.78 is 5.64. The molecule has 1 unspecified atom stereocenters. The molecule has 4 rings (SSSR count). The van der Waals surface area contributed by atoms with E-state index in [9.17, 15) is 14.7 Å². The topological polar surface area (TPSA) is 79.7 Å². The van der Waals surface area contributed by atoms with Crippen molar-refractivity contribution in [3.63, 3.8) is 0 Å². The van der Waals surface area contributed by atoms with Gasteiger partial charge in [0, 0.05) is 18.7 Å². The number of aliphatic hydroxyl groups excluding tert-OH is 1. The second-order valence-corrected chi connectivity index (χ2v) is 9.98. The lowest BCUT2D eigenvalue weighted by atomic mass is 9.94. The van der Waals surface area contributed by atoms with E-state index in [0.29, 0.717) is 30.1 Å². The van der Waals surface area contributed by atoms with Gasteiger partial charge in [0.05, 0.1) is 28.3 Å². The van der Waals surface area contributed by atoms with E-state index >= 15 is 0 Å². The molecule has 1 aromatic heterocycles. The first-order valence-corrected chi connectivity index (χ1v) is 12.6. The van der Waals surface area contributed by atoms with Gasteiger partial charge in [0.15, 0.2) is 5.76 Å². The molecular formula is C28H30N2O4S. The SMILES string of the molecule is Cc1cccc(C2C(C(=O)c3sc(-c4ccccc4)nc3C)=C(O)C(=O)N2CCCOC(C)C)c1. The standard InChI is InChI=1S/C28H30N2O4S/c1-17(2)34-15-9-14-30-23(21-13-8-10-18(3)16-21)22(25(32)28(30)33)24(31)26-19(4)29-27(35-26)20-11-6-5-7-12-20/h5-8,10-13,16-17,23,32H,9,14-15H2,1-4H3. The third-order valence-corrected chi connectivity index (χ3v) is 7.13. The third kappa shape index (κ3) is 5.21. The van der Waals surface area contributed by atoms with Crippen LogP contribution >= 0.6 is 11.3 Å². The van der Waals surface area contributed by atoms with Gasteiger partial charge >= 0.3 is 0 Å². The quantitative estimate of drug-likeness (QED) is 0.302. The molecule has 0 saturated heterocycles. The molecule has 2 aromatic carbocycles. The fourth-order valence-electron chi connectivity index (χ4n) is 4.29. The van der Waals surface area contributed by atoms with Gasteiger partial charge in [-0.1, -0.05) is 60.2 Å². The molecule has 0 spiro atoms. The van der Waals surface area contributed by atoms with E-state index in [1.165, 1.54) is 11.3 Å². The number of Topliss-reactive ketones (excluding diaryl/α,β-unsaturated/α-hetero) is 1. The number of nitrogens with zero attached hydrogens (tertiary/aromatic N) is 2. The highest BCUT2D eigenvalue weighted by Gasteiger charge is 2.44. The van der Waals surface area contributed by atoms with Crippen molar-refractivity contribution >= 4 is 23.0 Å². The Morgan fingerprint density at radius 3 is 2.57 bits per heavy atom. The van der Waals surface area contributed by atoms with Gasteiger partial charge < -0.3 is 14.7 Å². The number of benzene rings is 2. The number of carbonyl (C=O) groups excluding carboxylic acids is 2. The van der Waals surface area contributed by atoms with Gasteiger partial charge in [0.1, 0.15) is 5.01 Å². The molecule has 2 heterocycles. The molecule has 1 atom stereocenters. The van der Waals surface area contributed by atoms with Crippen molar-refractivity contribution in [2.45, 2.75) is 46.3 Å². The van der Waals surface area contributed by atoms with Gasteiger partial charge in [-0.25, -0.2) is 4.98 Å². The summed E-state index contributed by atoms with van der Waals surface area (Å²) in [4.78, 5) is 33.6. The van der Waals surface area contributed by atoms with Gasteiger partial charge in [0.25, 0.3) is 5.91 Å². The number of ether oxygens (including phenoxy) is 1. The number of ketones is 1. The van der Waals surface area contributed by atoms with E-state index < -0.39 is 17.7 Å². The van der Waals surface area contributed by atoms with E-state index in [-0.39, 0.29) is 17.5 Å². The number of aromatic nitrogens is 1. The van der Waals surface area contributed by atoms with Gasteiger partial charge in [0.2, 0.25) is 5.78 Å². The molecular weight excluding hydrogens is 460 g/mol. The number of hydrogen-bond acceptors (Lipinski definition) is 6. The fourth-order valence-corrected chi connectivity index (χ4v) is 5.32. The van der Waals surface area contributed by atoms with Crippen LogP contribution in [0.25, 0.3) is 10.6 Å². The highest BCUT2D eigenvalue weighted by molar-refractivity contribution is 7.17. The highest BCUT2D eigenvalue weighted by atomic mass is 32.1. The van der Waals surface area contributed by atoms with E-state index in [1.54, 1.807) is 11.8 Å². The van der Waals surface area contributed by atoms with E-state index in [0.717, 1.165) is 21.7 Å². The van der Waals surface area contributed by atoms with Crippen LogP contribution in [0.1, 0.15) is 52.8 Å². The smallest absolute Gasteiger partial charge is 0.290 e. The van der Waals surface area contributed by atoms with Crippen molar-refractivity contribution in [3.05, 3.63) is 87.6 Å². The summed E-state index contributed by atoms with van der Waals surface area (Å²) in [5, 5.41) is 11.7. The largest absolute Gasteiger partial charge is 0.503 e. The summed E-state index contributed by atoms with van der Waals surface area (Å²) in [6.07, 6.45) is 0.687. The maximum absolute atomic E-state index is 13.9. The lowest BCUT2D eigenvalue weighted by molar-refractivity contribution is -0.129. The normalized spacial score (nSPS) is 16.0. The molecule has 1 aliphatic rings. The predicted octanol–water partition coefficient (Wildman–Crippen LogP) is 5.82. The molecule has 0 aliphatic carbocycles. The molecule has 0 radical (unpaired) electrons. The number of thiazole rings is 1. The van der Waals surface area contributed by atoms with Crippen molar-refractivity contribution in [2.75, 3.05) is 13.2 Å². The molecule has 6 nitrogen and oxygen atoms in total. The Morgan fingerprint density at radius 2 is 1.89 bits per heavy atom. The van der Waals surface area contributed by atoms with E-state index in [4.69, 9.17) is 4.74 Å². The van der Waals surface area contributed by atoms with Crippen LogP contribution in [0.3, 0.4) is 0 Å². The predicted molar refractivity (Wildman–Crippen MR) is 138 cm³/mol. The first-order valence-electron chi connectivity index (χ1n) is 11.8. The van der Waals surface area contributed by atoms with Crippen LogP contribution in [0.15, 0.2) is 65.9 Å². The Morgan fingerprint density at radius 1 is 1.14 bits per heavy atom. The van der Waals surface area contributed by atoms with Crippen LogP contribution in [0.4, 0.5) is 0 Å². The van der Waals surface area contributed by atoms with Gasteiger partial charge in [-0.05, 0) is 39.7 Å². The number of rotatable bonds is 9. The first-order chi connectivity index (χ1) is 16.8. The Labute approximate surface area is 209 Å². The Bertz CT molecular complexity index is 1260. The van der Waals surface area contributed by atoms with Gasteiger partial charge in [-0.15, -0.1) is 11.3 Å². The summed E-state index contributed by atoms with van der Waals surface area (Å²) in [6, 6.07) is 16.7. The highest BCUT2D eigenvalue weighted by Crippen LogP contribution is 2.41. The summed E-state index contributed by atoms with van der Waals surface area (Å²) in [7, 11) is 0. The maximum Gasteiger partial charge on any atom is 0.290 e. The van der Waals surface area contributed by atoms with Crippen LogP contribution in [0, 0.1) is 13.8 Å². The molecule has 35 heavy (non-hydrogen) atoms. The van der Waals surface area contributed by atoms with E-state index in [1.807, 2.05) is 75.4 Å². The molecule has 3 aromatic rings. The van der Waals surface area contributed by atoms with Crippen molar-refractivity contribution in [1.82, 2.24) is 9.88 Å². The van der Waals surface area contributed by atoms with Gasteiger partial charge in [-0.3, -0.25) is 9.59 Å². The van der Waals surface area contributed by atoms with Gasteiger partial charge in [-0.2, -0.15) is 0 Å². The number of carbonyl (C=O) groups is 2. The van der Waals surface area contributed by atoms with E-state index in [2.05, 4.69) is 4.98 Å². The Hall–Kier alpha value is -3.29. The summed E-state index contributed by atoms with van der Waals surface area (Å²) >= 11 is 1.28. The minimum Gasteiger partial charge on any atom is -0.503 e. The second-order valence-electron chi connectivity index (χ2n) is 8.98. The van der Waals surface area contributed by atoms with Crippen molar-refractivity contribution < 1.29 is 19.4 Å². The number of aliphatic hydroxyl groups is 1. The lowest BCUT2D eigenvalue weighted by Crippen LogP contribution is -2.32. The number of hydrogen-bond donors (Lipinski definition) is 1.